The fraction of sp³-hybridized carbons (Fsp3) is 0.364. The lowest BCUT2D eigenvalue weighted by Crippen LogP contribution is -2.05. The topological polar surface area (TPSA) is 72.5 Å². The molecular formula is C11H13NO4S. The van der Waals surface area contributed by atoms with Gasteiger partial charge < -0.3 is 10.1 Å². The molecule has 0 fully saturated rings. The standard InChI is InChI=1S/C11H13NO4S/c1-7(13)12-10-5-4-9(17-10)8(14)3-6-11(15)16-2/h4-5H,3,6H2,1-2H3,(H,12,13). The van der Waals surface area contributed by atoms with E-state index in [1.54, 1.807) is 12.1 Å². The molecule has 1 N–H and O–H groups in total. The van der Waals surface area contributed by atoms with Crippen LogP contribution in [0, 0.1) is 0 Å². The number of carbonyl (C=O) groups excluding carboxylic acids is 3. The van der Waals surface area contributed by atoms with Gasteiger partial charge in [0.2, 0.25) is 5.91 Å². The van der Waals surface area contributed by atoms with Gasteiger partial charge in [0.15, 0.2) is 5.78 Å². The number of hydrogen-bond acceptors (Lipinski definition) is 5. The number of Topliss-reactive ketones (excluding diaryl/α,β-unsaturated/α-hetero) is 1. The molecular weight excluding hydrogens is 242 g/mol. The average molecular weight is 255 g/mol. The zero-order valence-electron chi connectivity index (χ0n) is 9.61. The summed E-state index contributed by atoms with van der Waals surface area (Å²) in [6.07, 6.45) is 0.190. The monoisotopic (exact) mass is 255 g/mol. The third kappa shape index (κ3) is 4.36. The highest BCUT2D eigenvalue weighted by atomic mass is 32.1. The van der Waals surface area contributed by atoms with Crippen LogP contribution in [0.15, 0.2) is 12.1 Å². The molecule has 0 unspecified atom stereocenters. The van der Waals surface area contributed by atoms with Crippen molar-refractivity contribution in [2.45, 2.75) is 19.8 Å². The van der Waals surface area contributed by atoms with Crippen molar-refractivity contribution < 1.29 is 19.1 Å². The van der Waals surface area contributed by atoms with Crippen LogP contribution in [0.5, 0.6) is 0 Å². The molecule has 17 heavy (non-hydrogen) atoms. The normalized spacial score (nSPS) is 9.76. The Morgan fingerprint density at radius 1 is 1.29 bits per heavy atom. The van der Waals surface area contributed by atoms with Crippen LogP contribution >= 0.6 is 11.3 Å². The predicted octanol–water partition coefficient (Wildman–Crippen LogP) is 1.84. The van der Waals surface area contributed by atoms with Gasteiger partial charge in [-0.2, -0.15) is 0 Å². The van der Waals surface area contributed by atoms with Crippen LogP contribution in [0.25, 0.3) is 0 Å². The highest BCUT2D eigenvalue weighted by molar-refractivity contribution is 7.18. The Balaban J connectivity index is 2.54. The quantitative estimate of drug-likeness (QED) is 0.643. The van der Waals surface area contributed by atoms with Gasteiger partial charge in [-0.25, -0.2) is 0 Å². The Hall–Kier alpha value is -1.69. The lowest BCUT2D eigenvalue weighted by atomic mass is 10.2. The number of ether oxygens (including phenoxy) is 1. The largest absolute Gasteiger partial charge is 0.469 e. The first-order valence-corrected chi connectivity index (χ1v) is 5.82. The highest BCUT2D eigenvalue weighted by Gasteiger charge is 2.12. The van der Waals surface area contributed by atoms with Gasteiger partial charge in [-0.15, -0.1) is 11.3 Å². The van der Waals surface area contributed by atoms with E-state index < -0.39 is 5.97 Å². The number of esters is 1. The number of hydrogen-bond donors (Lipinski definition) is 1. The zero-order valence-corrected chi connectivity index (χ0v) is 10.4. The van der Waals surface area contributed by atoms with E-state index >= 15 is 0 Å². The summed E-state index contributed by atoms with van der Waals surface area (Å²) in [5.74, 6) is -0.714. The Bertz CT molecular complexity index is 438. The molecule has 6 heteroatoms. The minimum absolute atomic E-state index is 0.0721. The number of anilines is 1. The molecule has 1 rings (SSSR count). The first-order chi connectivity index (χ1) is 8.02. The molecule has 1 amide bonds. The molecule has 5 nitrogen and oxygen atoms in total. The van der Waals surface area contributed by atoms with Crippen molar-refractivity contribution in [1.82, 2.24) is 0 Å². The number of rotatable bonds is 5. The maximum atomic E-state index is 11.7. The lowest BCUT2D eigenvalue weighted by molar-refractivity contribution is -0.140. The molecule has 0 spiro atoms. The van der Waals surface area contributed by atoms with Crippen LogP contribution in [0.3, 0.4) is 0 Å². The second-order valence-electron chi connectivity index (χ2n) is 3.34. The minimum atomic E-state index is -0.406. The van der Waals surface area contributed by atoms with Crippen molar-refractivity contribution in [1.29, 1.82) is 0 Å². The van der Waals surface area contributed by atoms with Gasteiger partial charge in [-0.3, -0.25) is 14.4 Å². The summed E-state index contributed by atoms with van der Waals surface area (Å²) in [5, 5.41) is 3.22. The molecule has 0 radical (unpaired) electrons. The summed E-state index contributed by atoms with van der Waals surface area (Å²) >= 11 is 1.19. The molecule has 0 aliphatic heterocycles. The van der Waals surface area contributed by atoms with Crippen molar-refractivity contribution in [3.8, 4) is 0 Å². The van der Waals surface area contributed by atoms with Crippen LogP contribution in [0.2, 0.25) is 0 Å². The summed E-state index contributed by atoms with van der Waals surface area (Å²) in [6.45, 7) is 1.40. The van der Waals surface area contributed by atoms with E-state index in [-0.39, 0.29) is 24.5 Å². The van der Waals surface area contributed by atoms with E-state index in [4.69, 9.17) is 0 Å². The smallest absolute Gasteiger partial charge is 0.305 e. The first kappa shape index (κ1) is 13.4. The molecule has 0 bridgehead atoms. The Morgan fingerprint density at radius 2 is 2.00 bits per heavy atom. The Morgan fingerprint density at radius 3 is 2.59 bits per heavy atom. The van der Waals surface area contributed by atoms with Gasteiger partial charge in [0.05, 0.1) is 23.4 Å². The molecule has 1 aromatic heterocycles. The van der Waals surface area contributed by atoms with Crippen LogP contribution in [-0.4, -0.2) is 24.8 Å². The van der Waals surface area contributed by atoms with E-state index in [0.29, 0.717) is 9.88 Å². The lowest BCUT2D eigenvalue weighted by Gasteiger charge is -1.97. The van der Waals surface area contributed by atoms with Crippen molar-refractivity contribution in [3.63, 3.8) is 0 Å². The number of methoxy groups -OCH3 is 1. The maximum Gasteiger partial charge on any atom is 0.305 e. The summed E-state index contributed by atoms with van der Waals surface area (Å²) in [4.78, 5) is 33.8. The second kappa shape index (κ2) is 6.15. The van der Waals surface area contributed by atoms with Crippen LogP contribution in [0.4, 0.5) is 5.00 Å². The van der Waals surface area contributed by atoms with Crippen LogP contribution in [-0.2, 0) is 14.3 Å². The van der Waals surface area contributed by atoms with Crippen molar-refractivity contribution in [2.75, 3.05) is 12.4 Å². The van der Waals surface area contributed by atoms with Gasteiger partial charge in [-0.05, 0) is 12.1 Å². The zero-order chi connectivity index (χ0) is 12.8. The number of amides is 1. The molecule has 0 aliphatic carbocycles. The van der Waals surface area contributed by atoms with E-state index in [2.05, 4.69) is 10.1 Å². The molecule has 0 atom stereocenters. The van der Waals surface area contributed by atoms with Crippen LogP contribution in [0.1, 0.15) is 29.4 Å². The van der Waals surface area contributed by atoms with Gasteiger partial charge >= 0.3 is 5.97 Å². The Kier molecular flexibility index (Phi) is 4.84. The maximum absolute atomic E-state index is 11.7. The summed E-state index contributed by atoms with van der Waals surface area (Å²) in [5.41, 5.74) is 0. The third-order valence-corrected chi connectivity index (χ3v) is 3.01. The second-order valence-corrected chi connectivity index (χ2v) is 4.43. The SMILES string of the molecule is COC(=O)CCC(=O)c1ccc(NC(C)=O)s1. The van der Waals surface area contributed by atoms with Crippen LogP contribution < -0.4 is 5.32 Å². The molecule has 1 heterocycles. The van der Waals surface area contributed by atoms with E-state index in [1.165, 1.54) is 25.4 Å². The van der Waals surface area contributed by atoms with Gasteiger partial charge in [0.25, 0.3) is 0 Å². The van der Waals surface area contributed by atoms with Gasteiger partial charge in [0, 0.05) is 13.3 Å². The van der Waals surface area contributed by atoms with Gasteiger partial charge in [0.1, 0.15) is 0 Å². The minimum Gasteiger partial charge on any atom is -0.469 e. The molecule has 0 aliphatic rings. The average Bonchev–Trinajstić information content (AvgIpc) is 2.72. The van der Waals surface area contributed by atoms with Crippen molar-refractivity contribution in [2.24, 2.45) is 0 Å². The summed E-state index contributed by atoms with van der Waals surface area (Å²) in [7, 11) is 1.28. The number of carbonyl (C=O) groups is 3. The van der Waals surface area contributed by atoms with E-state index in [1.807, 2.05) is 0 Å². The molecule has 0 aromatic carbocycles. The fourth-order valence-electron chi connectivity index (χ4n) is 1.17. The predicted molar refractivity (Wildman–Crippen MR) is 64.2 cm³/mol. The Labute approximate surface area is 103 Å². The third-order valence-electron chi connectivity index (χ3n) is 1.96. The molecule has 92 valence electrons. The highest BCUT2D eigenvalue weighted by Crippen LogP contribution is 2.23. The molecule has 0 saturated carbocycles. The van der Waals surface area contributed by atoms with Crippen molar-refractivity contribution >= 4 is 34.0 Å². The van der Waals surface area contributed by atoms with E-state index in [0.717, 1.165) is 0 Å². The fourth-order valence-corrected chi connectivity index (χ4v) is 2.09. The number of nitrogens with one attached hydrogen (secondary N) is 1. The molecule has 0 saturated heterocycles. The first-order valence-electron chi connectivity index (χ1n) is 5.00. The molecule has 1 aromatic rings. The van der Waals surface area contributed by atoms with Gasteiger partial charge in [-0.1, -0.05) is 0 Å². The van der Waals surface area contributed by atoms with E-state index in [9.17, 15) is 14.4 Å². The number of thiophene rings is 1. The summed E-state index contributed by atoms with van der Waals surface area (Å²) in [6, 6.07) is 3.30. The summed E-state index contributed by atoms with van der Waals surface area (Å²) < 4.78 is 4.45. The number of ketones is 1. The van der Waals surface area contributed by atoms with Crippen molar-refractivity contribution in [3.05, 3.63) is 17.0 Å².